The number of aryl methyl sites for hydroxylation is 1. The summed E-state index contributed by atoms with van der Waals surface area (Å²) in [5, 5.41) is 2.38. The molecule has 25 heavy (non-hydrogen) atoms. The molecule has 1 aromatic heterocycles. The number of halogens is 1. The predicted molar refractivity (Wildman–Crippen MR) is 97.4 cm³/mol. The molecule has 6 heteroatoms. The van der Waals surface area contributed by atoms with Gasteiger partial charge < -0.3 is 9.15 Å². The Kier molecular flexibility index (Phi) is 4.18. The van der Waals surface area contributed by atoms with Crippen molar-refractivity contribution in [3.05, 3.63) is 59.1 Å². The molecular formula is C19H20ClN3O2. The summed E-state index contributed by atoms with van der Waals surface area (Å²) in [7, 11) is 0. The molecule has 2 aliphatic heterocycles. The molecule has 0 aliphatic carbocycles. The van der Waals surface area contributed by atoms with Gasteiger partial charge >= 0.3 is 0 Å². The van der Waals surface area contributed by atoms with Crippen molar-refractivity contribution >= 4 is 17.3 Å². The van der Waals surface area contributed by atoms with Gasteiger partial charge in [-0.1, -0.05) is 17.7 Å². The second-order valence-corrected chi connectivity index (χ2v) is 6.56. The van der Waals surface area contributed by atoms with Gasteiger partial charge in [-0.05, 0) is 56.5 Å². The molecule has 2 aliphatic rings. The van der Waals surface area contributed by atoms with Gasteiger partial charge in [0, 0.05) is 23.4 Å². The highest BCUT2D eigenvalue weighted by Gasteiger charge is 2.24. The summed E-state index contributed by atoms with van der Waals surface area (Å²) in [6.45, 7) is 2.62. The smallest absolute Gasteiger partial charge is 0.227 e. The minimum absolute atomic E-state index is 0.146. The van der Waals surface area contributed by atoms with Gasteiger partial charge in [0.1, 0.15) is 6.23 Å². The first-order valence-electron chi connectivity index (χ1n) is 8.91. The lowest BCUT2D eigenvalue weighted by Gasteiger charge is -2.35. The Balaban J connectivity index is 1.61. The van der Waals surface area contributed by atoms with Crippen LogP contribution in [0.3, 0.4) is 0 Å². The number of ether oxygens (including phenoxy) is 1. The first-order chi connectivity index (χ1) is 12.6. The fourth-order valence-electron chi connectivity index (χ4n) is 3.00. The third-order valence-corrected chi connectivity index (χ3v) is 4.50. The number of benzene rings is 1. The largest absolute Gasteiger partial charge is 0.434 e. The van der Waals surface area contributed by atoms with Gasteiger partial charge in [-0.15, -0.1) is 0 Å². The fourth-order valence-corrected chi connectivity index (χ4v) is 3.19. The summed E-state index contributed by atoms with van der Waals surface area (Å²) < 4.78 is 20.0. The molecule has 0 radical (unpaired) electrons. The number of hydrazine groups is 1. The Morgan fingerprint density at radius 1 is 1.40 bits per heavy atom. The van der Waals surface area contributed by atoms with Crippen molar-refractivity contribution in [2.75, 3.05) is 6.61 Å². The SMILES string of the molecule is [2H]C1=CC=C(c2oc(-c3cccc(Cl)c3)nc2C)NN1C1CCCCO1. The molecule has 3 heterocycles. The van der Waals surface area contributed by atoms with Crippen molar-refractivity contribution in [3.63, 3.8) is 0 Å². The molecular weight excluding hydrogens is 338 g/mol. The number of hydrogen-bond donors (Lipinski definition) is 1. The van der Waals surface area contributed by atoms with E-state index in [2.05, 4.69) is 10.4 Å². The van der Waals surface area contributed by atoms with Crippen molar-refractivity contribution in [1.82, 2.24) is 15.4 Å². The lowest BCUT2D eigenvalue weighted by Crippen LogP contribution is -2.44. The molecule has 1 aromatic carbocycles. The fraction of sp³-hybridized carbons (Fsp3) is 0.316. The highest BCUT2D eigenvalue weighted by atomic mass is 35.5. The van der Waals surface area contributed by atoms with Gasteiger partial charge in [-0.2, -0.15) is 0 Å². The van der Waals surface area contributed by atoms with Crippen molar-refractivity contribution in [3.8, 4) is 11.5 Å². The maximum Gasteiger partial charge on any atom is 0.227 e. The van der Waals surface area contributed by atoms with E-state index in [0.717, 1.165) is 42.8 Å². The van der Waals surface area contributed by atoms with E-state index in [1.165, 1.54) is 0 Å². The van der Waals surface area contributed by atoms with Gasteiger partial charge in [0.05, 0.1) is 12.8 Å². The molecule has 5 nitrogen and oxygen atoms in total. The molecule has 2 aromatic rings. The van der Waals surface area contributed by atoms with E-state index < -0.39 is 0 Å². The van der Waals surface area contributed by atoms with Crippen LogP contribution in [0.15, 0.2) is 47.0 Å². The summed E-state index contributed by atoms with van der Waals surface area (Å²) in [6.07, 6.45) is 6.84. The zero-order valence-corrected chi connectivity index (χ0v) is 14.7. The number of hydrogen-bond acceptors (Lipinski definition) is 5. The number of rotatable bonds is 3. The van der Waals surface area contributed by atoms with E-state index in [1.54, 1.807) is 11.1 Å². The minimum atomic E-state index is -0.146. The van der Waals surface area contributed by atoms with E-state index in [-0.39, 0.29) is 6.23 Å². The zero-order chi connectivity index (χ0) is 18.1. The summed E-state index contributed by atoms with van der Waals surface area (Å²) in [5.74, 6) is 1.16. The van der Waals surface area contributed by atoms with Crippen LogP contribution < -0.4 is 5.43 Å². The Morgan fingerprint density at radius 3 is 3.12 bits per heavy atom. The number of allylic oxidation sites excluding steroid dienone is 2. The van der Waals surface area contributed by atoms with Gasteiger partial charge in [0.25, 0.3) is 0 Å². The normalized spacial score (nSPS) is 21.3. The standard InChI is InChI=1S/C19H20ClN3O2/c1-13-18(25-19(21-13)14-6-4-7-15(20)12-14)16-8-5-10-23(22-16)17-9-2-3-11-24-17/h4-8,10,12,17,22H,2-3,9,11H2,1H3/i10D. The Bertz CT molecular complexity index is 871. The molecule has 0 spiro atoms. The van der Waals surface area contributed by atoms with E-state index >= 15 is 0 Å². The minimum Gasteiger partial charge on any atom is -0.434 e. The second-order valence-electron chi connectivity index (χ2n) is 6.12. The zero-order valence-electron chi connectivity index (χ0n) is 15.0. The van der Waals surface area contributed by atoms with Crippen LogP contribution in [0.25, 0.3) is 17.2 Å². The lowest BCUT2D eigenvalue weighted by molar-refractivity contribution is -0.0781. The number of oxazole rings is 1. The van der Waals surface area contributed by atoms with E-state index in [9.17, 15) is 0 Å². The van der Waals surface area contributed by atoms with Crippen molar-refractivity contribution in [2.45, 2.75) is 32.4 Å². The van der Waals surface area contributed by atoms with Crippen molar-refractivity contribution < 1.29 is 10.5 Å². The summed E-state index contributed by atoms with van der Waals surface area (Å²) >= 11 is 6.07. The van der Waals surface area contributed by atoms with Crippen LogP contribution in [0.1, 0.15) is 32.1 Å². The Hall–Kier alpha value is -2.24. The van der Waals surface area contributed by atoms with Crippen LogP contribution in [0.2, 0.25) is 5.02 Å². The third-order valence-electron chi connectivity index (χ3n) is 4.26. The van der Waals surface area contributed by atoms with Gasteiger partial charge in [0.2, 0.25) is 5.89 Å². The third kappa shape index (κ3) is 3.43. The van der Waals surface area contributed by atoms with E-state index in [0.29, 0.717) is 22.8 Å². The molecule has 130 valence electrons. The van der Waals surface area contributed by atoms with Gasteiger partial charge in [-0.25, -0.2) is 4.98 Å². The molecule has 0 bridgehead atoms. The van der Waals surface area contributed by atoms with Gasteiger partial charge in [0.15, 0.2) is 5.76 Å². The van der Waals surface area contributed by atoms with Crippen molar-refractivity contribution in [2.24, 2.45) is 0 Å². The highest BCUT2D eigenvalue weighted by Crippen LogP contribution is 2.29. The topological polar surface area (TPSA) is 50.5 Å². The summed E-state index contributed by atoms with van der Waals surface area (Å²) in [5.41, 5.74) is 5.61. The number of nitrogens with zero attached hydrogens (tertiary/aromatic N) is 2. The molecule has 1 saturated heterocycles. The quantitative estimate of drug-likeness (QED) is 0.875. The first kappa shape index (κ1) is 15.0. The van der Waals surface area contributed by atoms with Crippen LogP contribution in [-0.4, -0.2) is 22.8 Å². The molecule has 1 fully saturated rings. The van der Waals surface area contributed by atoms with Crippen LogP contribution in [-0.2, 0) is 4.74 Å². The highest BCUT2D eigenvalue weighted by molar-refractivity contribution is 6.30. The van der Waals surface area contributed by atoms with Crippen LogP contribution in [0.5, 0.6) is 0 Å². The average Bonchev–Trinajstić information content (AvgIpc) is 3.05. The average molecular weight is 359 g/mol. The monoisotopic (exact) mass is 358 g/mol. The Labute approximate surface area is 153 Å². The molecule has 1 atom stereocenters. The number of nitrogens with one attached hydrogen (secondary N) is 1. The predicted octanol–water partition coefficient (Wildman–Crippen LogP) is 4.50. The molecule has 0 saturated carbocycles. The molecule has 0 amide bonds. The Morgan fingerprint density at radius 2 is 2.32 bits per heavy atom. The van der Waals surface area contributed by atoms with E-state index in [4.69, 9.17) is 22.1 Å². The van der Waals surface area contributed by atoms with Crippen molar-refractivity contribution in [1.29, 1.82) is 0 Å². The summed E-state index contributed by atoms with van der Waals surface area (Å²) in [4.78, 5) is 4.53. The first-order valence-corrected chi connectivity index (χ1v) is 8.79. The second kappa shape index (κ2) is 6.94. The maximum absolute atomic E-state index is 8.17. The molecule has 1 N–H and O–H groups in total. The maximum atomic E-state index is 8.17. The molecule has 1 unspecified atom stereocenters. The lowest BCUT2D eigenvalue weighted by atomic mass is 10.2. The molecule has 4 rings (SSSR count). The summed E-state index contributed by atoms with van der Waals surface area (Å²) in [6, 6.07) is 7.42. The van der Waals surface area contributed by atoms with Gasteiger partial charge in [-0.3, -0.25) is 10.4 Å². The van der Waals surface area contributed by atoms with Crippen LogP contribution in [0, 0.1) is 6.92 Å². The number of aromatic nitrogens is 1. The van der Waals surface area contributed by atoms with Crippen LogP contribution in [0.4, 0.5) is 0 Å². The van der Waals surface area contributed by atoms with E-state index in [1.807, 2.05) is 37.3 Å². The van der Waals surface area contributed by atoms with Crippen LogP contribution >= 0.6 is 11.6 Å².